The van der Waals surface area contributed by atoms with Crippen LogP contribution in [0.25, 0.3) is 0 Å². The van der Waals surface area contributed by atoms with E-state index in [9.17, 15) is 12.8 Å². The molecule has 0 radical (unpaired) electrons. The molecule has 0 atom stereocenters. The molecule has 0 amide bonds. The molecular formula is C11H9Cl2FN2O2S2. The van der Waals surface area contributed by atoms with Gasteiger partial charge in [-0.1, -0.05) is 23.2 Å². The van der Waals surface area contributed by atoms with Crippen molar-refractivity contribution in [1.82, 2.24) is 0 Å². The van der Waals surface area contributed by atoms with Crippen LogP contribution in [0.15, 0.2) is 27.8 Å². The summed E-state index contributed by atoms with van der Waals surface area (Å²) in [4.78, 5) is 0. The Morgan fingerprint density at radius 1 is 1.25 bits per heavy atom. The molecule has 0 saturated heterocycles. The first-order valence-corrected chi connectivity index (χ1v) is 8.40. The van der Waals surface area contributed by atoms with Crippen molar-refractivity contribution in [1.29, 1.82) is 0 Å². The number of hydrogen-bond donors (Lipinski definition) is 2. The molecule has 0 fully saturated rings. The molecule has 20 heavy (non-hydrogen) atoms. The van der Waals surface area contributed by atoms with E-state index in [2.05, 4.69) is 4.72 Å². The minimum absolute atomic E-state index is 0.0871. The normalized spacial score (nSPS) is 11.6. The van der Waals surface area contributed by atoms with E-state index in [1.54, 1.807) is 5.38 Å². The smallest absolute Gasteiger partial charge is 0.271 e. The Hall–Kier alpha value is -0.860. The van der Waals surface area contributed by atoms with Gasteiger partial charge in [-0.3, -0.25) is 4.72 Å². The molecule has 9 heteroatoms. The van der Waals surface area contributed by atoms with Crippen LogP contribution in [0.1, 0.15) is 5.56 Å². The lowest BCUT2D eigenvalue weighted by atomic mass is 10.3. The Kier molecular flexibility index (Phi) is 4.55. The molecule has 0 aliphatic heterocycles. The molecule has 1 heterocycles. The molecule has 2 rings (SSSR count). The SMILES string of the molecule is NCc1csc(S(=O)(=O)Nc2cc(Cl)c(F)c(Cl)c2)c1. The molecule has 0 bridgehead atoms. The van der Waals surface area contributed by atoms with Gasteiger partial charge in [0.05, 0.1) is 15.7 Å². The summed E-state index contributed by atoms with van der Waals surface area (Å²) in [6.45, 7) is 0.250. The van der Waals surface area contributed by atoms with Crippen molar-refractivity contribution in [2.75, 3.05) is 4.72 Å². The van der Waals surface area contributed by atoms with E-state index >= 15 is 0 Å². The molecule has 1 aromatic carbocycles. The van der Waals surface area contributed by atoms with Crippen LogP contribution >= 0.6 is 34.5 Å². The third-order valence-corrected chi connectivity index (χ3v) is 5.79. The molecule has 1 aromatic heterocycles. The second-order valence-corrected chi connectivity index (χ2v) is 7.47. The lowest BCUT2D eigenvalue weighted by molar-refractivity contribution is 0.603. The van der Waals surface area contributed by atoms with Gasteiger partial charge < -0.3 is 5.73 Å². The van der Waals surface area contributed by atoms with E-state index in [4.69, 9.17) is 28.9 Å². The number of thiophene rings is 1. The molecule has 0 aliphatic carbocycles. The standard InChI is InChI=1S/C11H9Cl2FN2O2S2/c12-8-2-7(3-9(13)11(8)14)16-20(17,18)10-1-6(4-15)5-19-10/h1-3,5,16H,4,15H2. The number of hydrogen-bond acceptors (Lipinski definition) is 4. The van der Waals surface area contributed by atoms with Crippen molar-refractivity contribution in [2.24, 2.45) is 5.73 Å². The molecule has 0 spiro atoms. The summed E-state index contributed by atoms with van der Waals surface area (Å²) < 4.78 is 39.9. The first-order valence-electron chi connectivity index (χ1n) is 5.28. The topological polar surface area (TPSA) is 72.2 Å². The molecule has 0 unspecified atom stereocenters. The fourth-order valence-corrected chi connectivity index (χ4v) is 4.17. The highest BCUT2D eigenvalue weighted by Gasteiger charge is 2.18. The number of anilines is 1. The highest BCUT2D eigenvalue weighted by atomic mass is 35.5. The number of halogens is 3. The van der Waals surface area contributed by atoms with E-state index in [0.29, 0.717) is 5.56 Å². The number of rotatable bonds is 4. The molecule has 4 nitrogen and oxygen atoms in total. The zero-order chi connectivity index (χ0) is 14.9. The minimum Gasteiger partial charge on any atom is -0.326 e. The van der Waals surface area contributed by atoms with Gasteiger partial charge in [0, 0.05) is 6.54 Å². The second kappa shape index (κ2) is 5.87. The average Bonchev–Trinajstić information content (AvgIpc) is 2.85. The quantitative estimate of drug-likeness (QED) is 0.825. The van der Waals surface area contributed by atoms with Crippen LogP contribution in [0.2, 0.25) is 10.0 Å². The van der Waals surface area contributed by atoms with Gasteiger partial charge in [0.25, 0.3) is 10.0 Å². The number of nitrogens with one attached hydrogen (secondary N) is 1. The van der Waals surface area contributed by atoms with Crippen molar-refractivity contribution in [2.45, 2.75) is 10.8 Å². The Bertz CT molecular complexity index is 724. The fourth-order valence-electron chi connectivity index (χ4n) is 1.42. The van der Waals surface area contributed by atoms with Gasteiger partial charge in [-0.05, 0) is 29.1 Å². The summed E-state index contributed by atoms with van der Waals surface area (Å²) in [6, 6.07) is 3.77. The van der Waals surface area contributed by atoms with E-state index in [0.717, 1.165) is 23.5 Å². The van der Waals surface area contributed by atoms with Gasteiger partial charge in [-0.25, -0.2) is 12.8 Å². The number of nitrogens with two attached hydrogens (primary N) is 1. The maximum atomic E-state index is 13.3. The minimum atomic E-state index is -3.78. The van der Waals surface area contributed by atoms with E-state index < -0.39 is 15.8 Å². The molecule has 108 valence electrons. The van der Waals surface area contributed by atoms with Crippen LogP contribution < -0.4 is 10.5 Å². The molecular weight excluding hydrogens is 346 g/mol. The van der Waals surface area contributed by atoms with Crippen LogP contribution in [0.4, 0.5) is 10.1 Å². The predicted octanol–water partition coefficient (Wildman–Crippen LogP) is 3.45. The van der Waals surface area contributed by atoms with Crippen LogP contribution in [0.5, 0.6) is 0 Å². The molecule has 3 N–H and O–H groups in total. The third kappa shape index (κ3) is 3.24. The maximum absolute atomic E-state index is 13.3. The van der Waals surface area contributed by atoms with Gasteiger partial charge in [-0.15, -0.1) is 11.3 Å². The van der Waals surface area contributed by atoms with Gasteiger partial charge in [-0.2, -0.15) is 0 Å². The van der Waals surface area contributed by atoms with Crippen molar-refractivity contribution >= 4 is 50.2 Å². The maximum Gasteiger partial charge on any atom is 0.271 e. The highest BCUT2D eigenvalue weighted by molar-refractivity contribution is 7.94. The average molecular weight is 355 g/mol. The van der Waals surface area contributed by atoms with Crippen LogP contribution in [0, 0.1) is 5.82 Å². The first kappa shape index (κ1) is 15.5. The number of sulfonamides is 1. The fraction of sp³-hybridized carbons (Fsp3) is 0.0909. The van der Waals surface area contributed by atoms with Gasteiger partial charge in [0.1, 0.15) is 4.21 Å². The monoisotopic (exact) mass is 354 g/mol. The largest absolute Gasteiger partial charge is 0.326 e. The van der Waals surface area contributed by atoms with E-state index in [1.807, 2.05) is 0 Å². The van der Waals surface area contributed by atoms with Gasteiger partial charge in [0.2, 0.25) is 0 Å². The summed E-state index contributed by atoms with van der Waals surface area (Å²) in [5, 5.41) is 1.13. The van der Waals surface area contributed by atoms with E-state index in [-0.39, 0.29) is 26.5 Å². The Morgan fingerprint density at radius 3 is 2.35 bits per heavy atom. The number of benzene rings is 1. The van der Waals surface area contributed by atoms with Gasteiger partial charge in [0.15, 0.2) is 5.82 Å². The van der Waals surface area contributed by atoms with Crippen molar-refractivity contribution < 1.29 is 12.8 Å². The van der Waals surface area contributed by atoms with E-state index in [1.165, 1.54) is 6.07 Å². The summed E-state index contributed by atoms with van der Waals surface area (Å²) >= 11 is 12.3. The third-order valence-electron chi connectivity index (χ3n) is 2.37. The van der Waals surface area contributed by atoms with Crippen molar-refractivity contribution in [3.8, 4) is 0 Å². The summed E-state index contributed by atoms with van der Waals surface area (Å²) in [6.07, 6.45) is 0. The van der Waals surface area contributed by atoms with Crippen molar-refractivity contribution in [3.05, 3.63) is 45.0 Å². The zero-order valence-electron chi connectivity index (χ0n) is 9.86. The Labute approximate surface area is 129 Å². The second-order valence-electron chi connectivity index (χ2n) is 3.84. The molecule has 0 saturated carbocycles. The summed E-state index contributed by atoms with van der Waals surface area (Å²) in [5.74, 6) is -0.794. The summed E-state index contributed by atoms with van der Waals surface area (Å²) in [7, 11) is -3.78. The Balaban J connectivity index is 2.33. The summed E-state index contributed by atoms with van der Waals surface area (Å²) in [5.41, 5.74) is 6.23. The predicted molar refractivity (Wildman–Crippen MR) is 79.4 cm³/mol. The zero-order valence-corrected chi connectivity index (χ0v) is 13.0. The Morgan fingerprint density at radius 2 is 1.85 bits per heavy atom. The van der Waals surface area contributed by atoms with Crippen LogP contribution in [-0.4, -0.2) is 8.42 Å². The van der Waals surface area contributed by atoms with Gasteiger partial charge >= 0.3 is 0 Å². The molecule has 2 aromatic rings. The lowest BCUT2D eigenvalue weighted by Crippen LogP contribution is -2.11. The highest BCUT2D eigenvalue weighted by Crippen LogP contribution is 2.29. The van der Waals surface area contributed by atoms with Crippen LogP contribution in [-0.2, 0) is 16.6 Å². The molecule has 0 aliphatic rings. The van der Waals surface area contributed by atoms with Crippen molar-refractivity contribution in [3.63, 3.8) is 0 Å². The lowest BCUT2D eigenvalue weighted by Gasteiger charge is -2.08. The van der Waals surface area contributed by atoms with Crippen LogP contribution in [0.3, 0.4) is 0 Å². The first-order chi connectivity index (χ1) is 9.33.